The molecule has 146 valence electrons. The van der Waals surface area contributed by atoms with Crippen LogP contribution in [0.3, 0.4) is 0 Å². The highest BCUT2D eigenvalue weighted by molar-refractivity contribution is 8.00. The van der Waals surface area contributed by atoms with Crippen molar-refractivity contribution in [1.29, 1.82) is 0 Å². The van der Waals surface area contributed by atoms with Gasteiger partial charge in [-0.2, -0.15) is 0 Å². The average molecular weight is 390 g/mol. The fourth-order valence-corrected chi connectivity index (χ4v) is 3.36. The maximum atomic E-state index is 12.3. The van der Waals surface area contributed by atoms with Crippen molar-refractivity contribution >= 4 is 23.7 Å². The second-order valence-corrected chi connectivity index (χ2v) is 8.57. The summed E-state index contributed by atoms with van der Waals surface area (Å²) in [4.78, 5) is 24.2. The molecule has 0 saturated heterocycles. The largest absolute Gasteiger partial charge is 0.333 e. The number of carbonyl (C=O) groups excluding carboxylic acids is 2. The number of rotatable bonds is 6. The van der Waals surface area contributed by atoms with Crippen LogP contribution >= 0.6 is 11.8 Å². The number of imide groups is 1. The molecule has 0 bridgehead atoms. The standard InChI is InChI=1S/C19H27N5O2S/c1-6-24-15(12-14-10-8-7-9-11-14)22-23-18(24)27-13(2)16(25)20-17(26)21-19(3,4)5/h7-11,13H,6,12H2,1-5H3,(H2,20,21,25,26)/t13-/m1/s1. The molecule has 27 heavy (non-hydrogen) atoms. The average Bonchev–Trinajstić information content (AvgIpc) is 2.95. The molecule has 0 aliphatic rings. The molecule has 2 aromatic rings. The molecule has 0 fully saturated rings. The lowest BCUT2D eigenvalue weighted by molar-refractivity contribution is -0.119. The molecule has 2 rings (SSSR count). The van der Waals surface area contributed by atoms with Crippen molar-refractivity contribution < 1.29 is 9.59 Å². The zero-order valence-corrected chi connectivity index (χ0v) is 17.3. The number of benzene rings is 1. The molecule has 2 N–H and O–H groups in total. The first-order valence-corrected chi connectivity index (χ1v) is 9.83. The van der Waals surface area contributed by atoms with Crippen molar-refractivity contribution in [2.24, 2.45) is 0 Å². The normalized spacial score (nSPS) is 12.5. The molecule has 0 unspecified atom stereocenters. The Kier molecular flexibility index (Phi) is 7.01. The number of amides is 3. The molecular weight excluding hydrogens is 362 g/mol. The van der Waals surface area contributed by atoms with Crippen molar-refractivity contribution in [2.75, 3.05) is 0 Å². The van der Waals surface area contributed by atoms with Crippen LogP contribution in [0.1, 0.15) is 46.0 Å². The quantitative estimate of drug-likeness (QED) is 0.742. The van der Waals surface area contributed by atoms with E-state index in [0.29, 0.717) is 18.1 Å². The Bertz CT molecular complexity index is 783. The number of carbonyl (C=O) groups is 2. The van der Waals surface area contributed by atoms with E-state index in [1.165, 1.54) is 11.8 Å². The fourth-order valence-electron chi connectivity index (χ4n) is 2.43. The van der Waals surface area contributed by atoms with Gasteiger partial charge < -0.3 is 9.88 Å². The van der Waals surface area contributed by atoms with E-state index in [2.05, 4.69) is 20.8 Å². The minimum absolute atomic E-state index is 0.364. The van der Waals surface area contributed by atoms with E-state index < -0.39 is 16.8 Å². The third-order valence-corrected chi connectivity index (χ3v) is 4.77. The van der Waals surface area contributed by atoms with E-state index in [9.17, 15) is 9.59 Å². The van der Waals surface area contributed by atoms with Gasteiger partial charge in [0.15, 0.2) is 5.16 Å². The van der Waals surface area contributed by atoms with Gasteiger partial charge in [0.25, 0.3) is 0 Å². The van der Waals surface area contributed by atoms with Gasteiger partial charge in [0.2, 0.25) is 5.91 Å². The summed E-state index contributed by atoms with van der Waals surface area (Å²) in [7, 11) is 0. The zero-order chi connectivity index (χ0) is 20.0. The molecule has 1 aromatic carbocycles. The highest BCUT2D eigenvalue weighted by Gasteiger charge is 2.22. The molecule has 1 heterocycles. The maximum Gasteiger partial charge on any atom is 0.321 e. The van der Waals surface area contributed by atoms with E-state index in [4.69, 9.17) is 0 Å². The molecule has 0 aliphatic heterocycles. The predicted molar refractivity (Wildman–Crippen MR) is 107 cm³/mol. The van der Waals surface area contributed by atoms with Crippen molar-refractivity contribution in [3.8, 4) is 0 Å². The summed E-state index contributed by atoms with van der Waals surface area (Å²) < 4.78 is 2.00. The number of thioether (sulfide) groups is 1. The van der Waals surface area contributed by atoms with Crippen molar-refractivity contribution in [1.82, 2.24) is 25.4 Å². The van der Waals surface area contributed by atoms with Gasteiger partial charge in [-0.1, -0.05) is 42.1 Å². The van der Waals surface area contributed by atoms with Crippen LogP contribution in [0.4, 0.5) is 4.79 Å². The van der Waals surface area contributed by atoms with Gasteiger partial charge in [-0.15, -0.1) is 10.2 Å². The summed E-state index contributed by atoms with van der Waals surface area (Å²) >= 11 is 1.29. The summed E-state index contributed by atoms with van der Waals surface area (Å²) in [6.45, 7) is 10.0. The predicted octanol–water partition coefficient (Wildman–Crippen LogP) is 2.99. The maximum absolute atomic E-state index is 12.3. The Balaban J connectivity index is 2.02. The van der Waals surface area contributed by atoms with Gasteiger partial charge in [-0.05, 0) is 40.2 Å². The lowest BCUT2D eigenvalue weighted by atomic mass is 10.1. The Morgan fingerprint density at radius 1 is 1.19 bits per heavy atom. The number of aromatic nitrogens is 3. The van der Waals surface area contributed by atoms with Crippen LogP contribution in [0.5, 0.6) is 0 Å². The van der Waals surface area contributed by atoms with Crippen LogP contribution in [-0.4, -0.2) is 37.5 Å². The molecule has 8 heteroatoms. The molecule has 0 aliphatic carbocycles. The van der Waals surface area contributed by atoms with E-state index in [1.54, 1.807) is 6.92 Å². The first-order valence-electron chi connectivity index (χ1n) is 8.95. The molecular formula is C19H27N5O2S. The first-order chi connectivity index (χ1) is 12.7. The Morgan fingerprint density at radius 2 is 1.85 bits per heavy atom. The summed E-state index contributed by atoms with van der Waals surface area (Å²) in [5, 5.41) is 13.8. The molecule has 0 radical (unpaired) electrons. The van der Waals surface area contributed by atoms with Gasteiger partial charge in [-0.25, -0.2) is 4.79 Å². The van der Waals surface area contributed by atoms with Gasteiger partial charge >= 0.3 is 6.03 Å². The number of hydrogen-bond acceptors (Lipinski definition) is 5. The molecule has 1 atom stereocenters. The lowest BCUT2D eigenvalue weighted by Gasteiger charge is -2.21. The second kappa shape index (κ2) is 9.03. The van der Waals surface area contributed by atoms with Crippen molar-refractivity contribution in [2.45, 2.75) is 63.5 Å². The zero-order valence-electron chi connectivity index (χ0n) is 16.4. The topological polar surface area (TPSA) is 88.9 Å². The molecule has 7 nitrogen and oxygen atoms in total. The van der Waals surface area contributed by atoms with E-state index in [1.807, 2.05) is 62.6 Å². The van der Waals surface area contributed by atoms with Gasteiger partial charge in [0.1, 0.15) is 5.82 Å². The van der Waals surface area contributed by atoms with Gasteiger partial charge in [0.05, 0.1) is 5.25 Å². The minimum atomic E-state index is -0.498. The molecule has 0 spiro atoms. The van der Waals surface area contributed by atoms with Crippen molar-refractivity contribution in [3.63, 3.8) is 0 Å². The lowest BCUT2D eigenvalue weighted by Crippen LogP contribution is -2.49. The molecule has 1 aromatic heterocycles. The highest BCUT2D eigenvalue weighted by Crippen LogP contribution is 2.23. The summed E-state index contributed by atoms with van der Waals surface area (Å²) in [5.41, 5.74) is 0.746. The summed E-state index contributed by atoms with van der Waals surface area (Å²) in [6, 6.07) is 9.56. The third kappa shape index (κ3) is 6.39. The van der Waals surface area contributed by atoms with Gasteiger partial charge in [0, 0.05) is 18.5 Å². The molecule has 3 amide bonds. The highest BCUT2D eigenvalue weighted by atomic mass is 32.2. The van der Waals surface area contributed by atoms with Crippen LogP contribution in [0, 0.1) is 0 Å². The van der Waals surface area contributed by atoms with Gasteiger partial charge in [-0.3, -0.25) is 10.1 Å². The van der Waals surface area contributed by atoms with Crippen LogP contribution in [-0.2, 0) is 17.8 Å². The minimum Gasteiger partial charge on any atom is -0.333 e. The summed E-state index contributed by atoms with van der Waals surface area (Å²) in [5.74, 6) is 0.487. The smallest absolute Gasteiger partial charge is 0.321 e. The third-order valence-electron chi connectivity index (χ3n) is 3.69. The Labute approximate surface area is 164 Å². The van der Waals surface area contributed by atoms with E-state index >= 15 is 0 Å². The first kappa shape index (κ1) is 21.0. The summed E-state index contributed by atoms with van der Waals surface area (Å²) in [6.07, 6.45) is 0.677. The molecule has 0 saturated carbocycles. The number of urea groups is 1. The SMILES string of the molecule is CCn1c(Cc2ccccc2)nnc1S[C@H](C)C(=O)NC(=O)NC(C)(C)C. The number of hydrogen-bond donors (Lipinski definition) is 2. The van der Waals surface area contributed by atoms with Crippen LogP contribution < -0.4 is 10.6 Å². The van der Waals surface area contributed by atoms with Crippen LogP contribution in [0.25, 0.3) is 0 Å². The van der Waals surface area contributed by atoms with E-state index in [-0.39, 0.29) is 5.91 Å². The van der Waals surface area contributed by atoms with Crippen molar-refractivity contribution in [3.05, 3.63) is 41.7 Å². The van der Waals surface area contributed by atoms with Crippen LogP contribution in [0.2, 0.25) is 0 Å². The Hall–Kier alpha value is -2.35. The monoisotopic (exact) mass is 389 g/mol. The van der Waals surface area contributed by atoms with Crippen LogP contribution in [0.15, 0.2) is 35.5 Å². The fraction of sp³-hybridized carbons (Fsp3) is 0.474. The number of nitrogens with zero attached hydrogens (tertiary/aromatic N) is 3. The Morgan fingerprint density at radius 3 is 2.44 bits per heavy atom. The number of nitrogens with one attached hydrogen (secondary N) is 2. The van der Waals surface area contributed by atoms with E-state index in [0.717, 1.165) is 11.4 Å². The second-order valence-electron chi connectivity index (χ2n) is 7.26.